The minimum atomic E-state index is -3.35. The number of aryl methyl sites for hydroxylation is 1. The zero-order valence-electron chi connectivity index (χ0n) is 7.97. The Hall–Kier alpha value is -1.14. The second kappa shape index (κ2) is 4.39. The van der Waals surface area contributed by atoms with Crippen LogP contribution in [0.1, 0.15) is 12.6 Å². The molecule has 1 rings (SSSR count). The first kappa shape index (κ1) is 10.9. The summed E-state index contributed by atoms with van der Waals surface area (Å²) < 4.78 is 26.0. The van der Waals surface area contributed by atoms with Gasteiger partial charge < -0.3 is 0 Å². The molecule has 0 aliphatic heterocycles. The summed E-state index contributed by atoms with van der Waals surface area (Å²) in [7, 11) is -3.35. The lowest BCUT2D eigenvalue weighted by molar-refractivity contribution is 0.587. The molecular weight excluding hydrogens is 202 g/mol. The van der Waals surface area contributed by atoms with Crippen LogP contribution in [0.3, 0.4) is 0 Å². The largest absolute Gasteiger partial charge is 0.273 e. The summed E-state index contributed by atoms with van der Waals surface area (Å²) in [6.45, 7) is 6.12. The molecule has 14 heavy (non-hydrogen) atoms. The number of hydrogen-bond acceptors (Lipinski definition) is 3. The molecule has 0 aliphatic rings. The molecular formula is C8H13N3O2S. The van der Waals surface area contributed by atoms with E-state index < -0.39 is 10.0 Å². The predicted molar refractivity (Wildman–Crippen MR) is 53.9 cm³/mol. The third-order valence-electron chi connectivity index (χ3n) is 1.69. The minimum absolute atomic E-state index is 0.196. The van der Waals surface area contributed by atoms with Crippen molar-refractivity contribution in [2.75, 3.05) is 0 Å². The number of nitrogens with one attached hydrogen (secondary N) is 1. The van der Waals surface area contributed by atoms with Gasteiger partial charge in [0.15, 0.2) is 0 Å². The molecule has 0 spiro atoms. The van der Waals surface area contributed by atoms with Crippen LogP contribution in [0.2, 0.25) is 0 Å². The highest BCUT2D eigenvalue weighted by molar-refractivity contribution is 7.92. The Bertz CT molecular complexity index is 408. The van der Waals surface area contributed by atoms with Crippen LogP contribution >= 0.6 is 0 Å². The van der Waals surface area contributed by atoms with Crippen molar-refractivity contribution < 1.29 is 8.42 Å². The molecule has 1 aromatic heterocycles. The van der Waals surface area contributed by atoms with Crippen LogP contribution in [0.5, 0.6) is 0 Å². The maximum absolute atomic E-state index is 11.0. The number of nitrogens with zero attached hydrogens (tertiary/aromatic N) is 2. The highest BCUT2D eigenvalue weighted by Gasteiger charge is 2.04. The maximum atomic E-state index is 11.0. The van der Waals surface area contributed by atoms with E-state index in [2.05, 4.69) is 16.4 Å². The molecule has 0 unspecified atom stereocenters. The molecule has 0 fully saturated rings. The molecule has 0 amide bonds. The van der Waals surface area contributed by atoms with Gasteiger partial charge in [-0.05, 0) is 13.0 Å². The fraction of sp³-hybridized carbons (Fsp3) is 0.375. The molecule has 1 heterocycles. The molecule has 5 nitrogen and oxygen atoms in total. The topological polar surface area (TPSA) is 64.0 Å². The molecule has 0 saturated carbocycles. The van der Waals surface area contributed by atoms with Gasteiger partial charge in [0, 0.05) is 18.1 Å². The van der Waals surface area contributed by atoms with Crippen molar-refractivity contribution in [2.24, 2.45) is 0 Å². The van der Waals surface area contributed by atoms with Gasteiger partial charge in [-0.2, -0.15) is 5.10 Å². The first-order valence-corrected chi connectivity index (χ1v) is 5.76. The third kappa shape index (κ3) is 2.97. The molecule has 1 aromatic rings. The predicted octanol–water partition coefficient (Wildman–Crippen LogP) is 0.466. The van der Waals surface area contributed by atoms with E-state index in [1.807, 2.05) is 6.92 Å². The zero-order chi connectivity index (χ0) is 10.6. The van der Waals surface area contributed by atoms with Gasteiger partial charge >= 0.3 is 0 Å². The average molecular weight is 215 g/mol. The van der Waals surface area contributed by atoms with Crippen LogP contribution in [0.4, 0.5) is 0 Å². The van der Waals surface area contributed by atoms with Crippen molar-refractivity contribution in [1.82, 2.24) is 14.5 Å². The first-order chi connectivity index (χ1) is 6.57. The lowest BCUT2D eigenvalue weighted by atomic mass is 10.4. The molecule has 0 aliphatic carbocycles. The van der Waals surface area contributed by atoms with E-state index in [0.717, 1.165) is 12.0 Å². The van der Waals surface area contributed by atoms with Gasteiger partial charge in [0.05, 0.1) is 12.2 Å². The van der Waals surface area contributed by atoms with Gasteiger partial charge in [-0.25, -0.2) is 13.1 Å². The number of sulfonamides is 1. The Kier molecular flexibility index (Phi) is 3.43. The van der Waals surface area contributed by atoms with Gasteiger partial charge in [-0.15, -0.1) is 0 Å². The fourth-order valence-corrected chi connectivity index (χ4v) is 1.37. The van der Waals surface area contributed by atoms with Gasteiger partial charge in [-0.3, -0.25) is 4.68 Å². The molecule has 0 atom stereocenters. The molecule has 0 bridgehead atoms. The van der Waals surface area contributed by atoms with Crippen LogP contribution < -0.4 is 4.72 Å². The van der Waals surface area contributed by atoms with Gasteiger partial charge in [0.1, 0.15) is 0 Å². The summed E-state index contributed by atoms with van der Waals surface area (Å²) in [6.07, 6.45) is 1.80. The van der Waals surface area contributed by atoms with Crippen molar-refractivity contribution in [2.45, 2.75) is 20.0 Å². The fourth-order valence-electron chi connectivity index (χ4n) is 0.908. The highest BCUT2D eigenvalue weighted by atomic mass is 32.2. The normalized spacial score (nSPS) is 11.5. The van der Waals surface area contributed by atoms with Crippen molar-refractivity contribution in [3.8, 4) is 0 Å². The zero-order valence-corrected chi connectivity index (χ0v) is 8.79. The number of aromatic nitrogens is 2. The van der Waals surface area contributed by atoms with E-state index in [9.17, 15) is 8.42 Å². The van der Waals surface area contributed by atoms with Crippen molar-refractivity contribution in [3.63, 3.8) is 0 Å². The quantitative estimate of drug-likeness (QED) is 0.776. The van der Waals surface area contributed by atoms with Crippen LogP contribution in [0, 0.1) is 0 Å². The minimum Gasteiger partial charge on any atom is -0.273 e. The van der Waals surface area contributed by atoms with E-state index in [-0.39, 0.29) is 6.54 Å². The molecule has 0 saturated heterocycles. The summed E-state index contributed by atoms with van der Waals surface area (Å²) in [5.74, 6) is 0. The lowest BCUT2D eigenvalue weighted by Gasteiger charge is -1.98. The van der Waals surface area contributed by atoms with Gasteiger partial charge in [-0.1, -0.05) is 6.58 Å². The van der Waals surface area contributed by atoms with Crippen LogP contribution in [0.15, 0.2) is 24.3 Å². The molecule has 6 heteroatoms. The van der Waals surface area contributed by atoms with Crippen molar-refractivity contribution >= 4 is 10.0 Å². The van der Waals surface area contributed by atoms with E-state index in [1.165, 1.54) is 0 Å². The van der Waals surface area contributed by atoms with Crippen LogP contribution in [-0.4, -0.2) is 18.2 Å². The average Bonchev–Trinajstić information content (AvgIpc) is 2.63. The molecule has 78 valence electrons. The summed E-state index contributed by atoms with van der Waals surface area (Å²) in [4.78, 5) is 0. The Balaban J connectivity index is 2.58. The Morgan fingerprint density at radius 2 is 2.43 bits per heavy atom. The standard InChI is InChI=1S/C8H13N3O2S/c1-3-11-6-5-8(10-11)7-9-14(12,13)4-2/h4-6,9H,2-3,7H2,1H3. The van der Waals surface area contributed by atoms with E-state index in [0.29, 0.717) is 5.69 Å². The first-order valence-electron chi connectivity index (χ1n) is 4.22. The molecule has 0 radical (unpaired) electrons. The maximum Gasteiger partial charge on any atom is 0.233 e. The van der Waals surface area contributed by atoms with E-state index in [4.69, 9.17) is 0 Å². The van der Waals surface area contributed by atoms with Crippen LogP contribution in [-0.2, 0) is 23.1 Å². The monoisotopic (exact) mass is 215 g/mol. The highest BCUT2D eigenvalue weighted by Crippen LogP contribution is 1.96. The number of hydrogen-bond donors (Lipinski definition) is 1. The van der Waals surface area contributed by atoms with Gasteiger partial charge in [0.25, 0.3) is 0 Å². The smallest absolute Gasteiger partial charge is 0.233 e. The van der Waals surface area contributed by atoms with Gasteiger partial charge in [0.2, 0.25) is 10.0 Å². The summed E-state index contributed by atoms with van der Waals surface area (Å²) in [5.41, 5.74) is 0.692. The lowest BCUT2D eigenvalue weighted by Crippen LogP contribution is -2.20. The third-order valence-corrected chi connectivity index (χ3v) is 2.68. The molecule has 1 N–H and O–H groups in total. The van der Waals surface area contributed by atoms with Crippen molar-refractivity contribution in [1.29, 1.82) is 0 Å². The Labute approximate surface area is 83.5 Å². The Morgan fingerprint density at radius 1 is 1.71 bits per heavy atom. The summed E-state index contributed by atoms with van der Waals surface area (Å²) >= 11 is 0. The van der Waals surface area contributed by atoms with E-state index in [1.54, 1.807) is 16.9 Å². The number of rotatable bonds is 5. The molecule has 0 aromatic carbocycles. The Morgan fingerprint density at radius 3 is 2.93 bits per heavy atom. The second-order valence-electron chi connectivity index (χ2n) is 2.70. The second-order valence-corrected chi connectivity index (χ2v) is 4.41. The van der Waals surface area contributed by atoms with E-state index >= 15 is 0 Å². The SMILES string of the molecule is C=CS(=O)(=O)NCc1ccn(CC)n1. The van der Waals surface area contributed by atoms with Crippen molar-refractivity contribution in [3.05, 3.63) is 29.9 Å². The van der Waals surface area contributed by atoms with Crippen LogP contribution in [0.25, 0.3) is 0 Å². The summed E-state index contributed by atoms with van der Waals surface area (Å²) in [5, 5.41) is 5.00. The summed E-state index contributed by atoms with van der Waals surface area (Å²) in [6, 6.07) is 1.77.